The number of rotatable bonds is 5. The van der Waals surface area contributed by atoms with E-state index in [1.165, 1.54) is 43.8 Å². The van der Waals surface area contributed by atoms with E-state index in [0.717, 1.165) is 6.42 Å². The van der Waals surface area contributed by atoms with Crippen molar-refractivity contribution >= 4 is 35.1 Å². The van der Waals surface area contributed by atoms with Gasteiger partial charge in [-0.15, -0.1) is 0 Å². The lowest BCUT2D eigenvalue weighted by Crippen LogP contribution is -2.23. The Bertz CT molecular complexity index is 966. The molecule has 0 amide bonds. The predicted octanol–water partition coefficient (Wildman–Crippen LogP) is 5.84. The molecule has 2 aliphatic heterocycles. The standard InChI is InChI=1S/C16H15ClF3N3OS.C7H15N/c1-24-9-5-6-23(8-9)11-7-10(18)16(15(20)14(11)17)25-22-13-4-2-3-12(19)21-13;1-7(2)4-5-8(3)6-7/h2-4,7,9H,5-6,8H2,1H3,(H,21,22);4-6H2,1-3H3. The Labute approximate surface area is 202 Å². The number of likely N-dealkylation sites (tertiary alicyclic amines) is 1. The maximum atomic E-state index is 14.6. The topological polar surface area (TPSA) is 40.6 Å². The van der Waals surface area contributed by atoms with Crippen LogP contribution in [0.25, 0.3) is 0 Å². The van der Waals surface area contributed by atoms with E-state index in [-0.39, 0.29) is 21.8 Å². The van der Waals surface area contributed by atoms with Gasteiger partial charge in [0.1, 0.15) is 21.6 Å². The number of hydrogen-bond donors (Lipinski definition) is 1. The first kappa shape index (κ1) is 25.9. The fourth-order valence-corrected chi connectivity index (χ4v) is 4.97. The van der Waals surface area contributed by atoms with Gasteiger partial charge in [0.05, 0.1) is 11.8 Å². The van der Waals surface area contributed by atoms with Crippen molar-refractivity contribution in [1.29, 1.82) is 0 Å². The summed E-state index contributed by atoms with van der Waals surface area (Å²) in [5.74, 6) is -2.17. The molecule has 0 spiro atoms. The van der Waals surface area contributed by atoms with E-state index < -0.39 is 17.6 Å². The maximum Gasteiger partial charge on any atom is 0.214 e. The van der Waals surface area contributed by atoms with Gasteiger partial charge in [-0.1, -0.05) is 31.5 Å². The Morgan fingerprint density at radius 1 is 1.24 bits per heavy atom. The first-order chi connectivity index (χ1) is 15.6. The third-order valence-corrected chi connectivity index (χ3v) is 7.01. The van der Waals surface area contributed by atoms with E-state index in [2.05, 4.69) is 35.5 Å². The number of benzene rings is 1. The lowest BCUT2D eigenvalue weighted by molar-refractivity contribution is 0.121. The van der Waals surface area contributed by atoms with Crippen LogP contribution in [0, 0.1) is 23.0 Å². The first-order valence-electron chi connectivity index (χ1n) is 10.8. The highest BCUT2D eigenvalue weighted by molar-refractivity contribution is 8.00. The first-order valence-corrected chi connectivity index (χ1v) is 12.0. The number of methoxy groups -OCH3 is 1. The van der Waals surface area contributed by atoms with Crippen LogP contribution in [0.5, 0.6) is 0 Å². The molecule has 0 saturated carbocycles. The summed E-state index contributed by atoms with van der Waals surface area (Å²) in [6, 6.07) is 5.29. The molecule has 5 nitrogen and oxygen atoms in total. The molecule has 0 bridgehead atoms. The summed E-state index contributed by atoms with van der Waals surface area (Å²) >= 11 is 6.76. The van der Waals surface area contributed by atoms with Crippen LogP contribution < -0.4 is 9.62 Å². The molecule has 1 atom stereocenters. The van der Waals surface area contributed by atoms with Crippen LogP contribution >= 0.6 is 23.5 Å². The van der Waals surface area contributed by atoms with E-state index in [1.807, 2.05) is 0 Å². The van der Waals surface area contributed by atoms with Crippen molar-refractivity contribution in [2.24, 2.45) is 5.41 Å². The second-order valence-corrected chi connectivity index (χ2v) is 10.3. The van der Waals surface area contributed by atoms with Crippen LogP contribution in [0.1, 0.15) is 26.7 Å². The van der Waals surface area contributed by atoms with E-state index in [0.29, 0.717) is 36.1 Å². The quantitative estimate of drug-likeness (QED) is 0.314. The fraction of sp³-hybridized carbons (Fsp3) is 0.522. The molecule has 1 aromatic carbocycles. The van der Waals surface area contributed by atoms with Crippen LogP contribution in [-0.4, -0.2) is 56.3 Å². The highest BCUT2D eigenvalue weighted by atomic mass is 35.5. The summed E-state index contributed by atoms with van der Waals surface area (Å²) < 4.78 is 49.9. The summed E-state index contributed by atoms with van der Waals surface area (Å²) in [6.07, 6.45) is 2.14. The summed E-state index contributed by atoms with van der Waals surface area (Å²) in [5.41, 5.74) is 0.888. The van der Waals surface area contributed by atoms with Gasteiger partial charge in [-0.25, -0.2) is 13.8 Å². The van der Waals surface area contributed by atoms with E-state index in [1.54, 1.807) is 12.0 Å². The number of nitrogens with zero attached hydrogens (tertiary/aromatic N) is 3. The molecule has 3 heterocycles. The van der Waals surface area contributed by atoms with Crippen LogP contribution in [0.2, 0.25) is 5.02 Å². The molecule has 1 unspecified atom stereocenters. The van der Waals surface area contributed by atoms with Gasteiger partial charge in [0.25, 0.3) is 0 Å². The molecule has 0 radical (unpaired) electrons. The van der Waals surface area contributed by atoms with Gasteiger partial charge < -0.3 is 19.3 Å². The molecule has 2 aromatic rings. The number of halogens is 4. The number of pyridine rings is 1. The van der Waals surface area contributed by atoms with Crippen LogP contribution in [-0.2, 0) is 4.74 Å². The van der Waals surface area contributed by atoms with Crippen molar-refractivity contribution in [1.82, 2.24) is 9.88 Å². The number of aromatic nitrogens is 1. The van der Waals surface area contributed by atoms with Gasteiger partial charge in [0, 0.05) is 32.8 Å². The second-order valence-electron chi connectivity index (χ2n) is 9.13. The Morgan fingerprint density at radius 3 is 2.55 bits per heavy atom. The molecule has 10 heteroatoms. The third-order valence-electron chi connectivity index (χ3n) is 5.76. The van der Waals surface area contributed by atoms with Crippen molar-refractivity contribution < 1.29 is 17.9 Å². The van der Waals surface area contributed by atoms with Crippen molar-refractivity contribution in [3.05, 3.63) is 46.9 Å². The minimum atomic E-state index is -0.869. The zero-order chi connectivity index (χ0) is 24.2. The van der Waals surface area contributed by atoms with Gasteiger partial charge >= 0.3 is 0 Å². The molecule has 0 aliphatic carbocycles. The second kappa shape index (κ2) is 11.2. The molecule has 1 aromatic heterocycles. The van der Waals surface area contributed by atoms with Crippen LogP contribution in [0.15, 0.2) is 29.2 Å². The van der Waals surface area contributed by atoms with E-state index in [4.69, 9.17) is 16.3 Å². The van der Waals surface area contributed by atoms with Gasteiger partial charge in [-0.3, -0.25) is 0 Å². The minimum Gasteiger partial charge on any atom is -0.380 e. The van der Waals surface area contributed by atoms with Crippen molar-refractivity contribution in [2.75, 3.05) is 50.0 Å². The van der Waals surface area contributed by atoms with Gasteiger partial charge in [0.15, 0.2) is 5.82 Å². The minimum absolute atomic E-state index is 0.0111. The number of nitrogens with one attached hydrogen (secondary N) is 1. The maximum absolute atomic E-state index is 14.6. The van der Waals surface area contributed by atoms with Crippen LogP contribution in [0.3, 0.4) is 0 Å². The van der Waals surface area contributed by atoms with E-state index >= 15 is 0 Å². The Kier molecular flexibility index (Phi) is 8.77. The molecule has 2 fully saturated rings. The van der Waals surface area contributed by atoms with Gasteiger partial charge in [-0.05, 0) is 55.9 Å². The average Bonchev–Trinajstić information content (AvgIpc) is 3.36. The zero-order valence-corrected chi connectivity index (χ0v) is 20.9. The van der Waals surface area contributed by atoms with Crippen molar-refractivity contribution in [3.8, 4) is 0 Å². The number of ether oxygens (including phenoxy) is 1. The van der Waals surface area contributed by atoms with Crippen LogP contribution in [0.4, 0.5) is 24.7 Å². The molecular formula is C23H30ClF3N4OS. The Balaban J connectivity index is 0.000000323. The summed E-state index contributed by atoms with van der Waals surface area (Å²) in [4.78, 5) is 7.45. The average molecular weight is 503 g/mol. The fourth-order valence-electron chi connectivity index (χ4n) is 3.98. The monoisotopic (exact) mass is 502 g/mol. The lowest BCUT2D eigenvalue weighted by atomic mass is 9.93. The SMILES string of the molecule is CN1CCC(C)(C)C1.COC1CCN(c2cc(F)c(SNc3cccc(F)n3)c(F)c2Cl)C1. The number of anilines is 2. The normalized spacial score (nSPS) is 20.0. The molecule has 2 saturated heterocycles. The largest absolute Gasteiger partial charge is 0.380 e. The molecule has 2 aliphatic rings. The predicted molar refractivity (Wildman–Crippen MR) is 129 cm³/mol. The summed E-state index contributed by atoms with van der Waals surface area (Å²) in [6.45, 7) is 8.34. The van der Waals surface area contributed by atoms with Crippen molar-refractivity contribution in [3.63, 3.8) is 0 Å². The number of hydrogen-bond acceptors (Lipinski definition) is 6. The Morgan fingerprint density at radius 2 is 2.00 bits per heavy atom. The highest BCUT2D eigenvalue weighted by Gasteiger charge is 2.28. The lowest BCUT2D eigenvalue weighted by Gasteiger charge is -2.21. The molecule has 33 heavy (non-hydrogen) atoms. The van der Waals surface area contributed by atoms with Crippen molar-refractivity contribution in [2.45, 2.75) is 37.7 Å². The molecule has 1 N–H and O–H groups in total. The van der Waals surface area contributed by atoms with Gasteiger partial charge in [0.2, 0.25) is 5.95 Å². The third kappa shape index (κ3) is 6.91. The molecule has 182 valence electrons. The molecule has 4 rings (SSSR count). The summed E-state index contributed by atoms with van der Waals surface area (Å²) in [5, 5.41) is -0.158. The smallest absolute Gasteiger partial charge is 0.214 e. The van der Waals surface area contributed by atoms with E-state index in [9.17, 15) is 13.2 Å². The van der Waals surface area contributed by atoms with Gasteiger partial charge in [-0.2, -0.15) is 4.39 Å². The zero-order valence-electron chi connectivity index (χ0n) is 19.3. The Hall–Kier alpha value is -1.68. The molecular weight excluding hydrogens is 473 g/mol. The highest BCUT2D eigenvalue weighted by Crippen LogP contribution is 2.38. The summed E-state index contributed by atoms with van der Waals surface area (Å²) in [7, 11) is 3.79.